The van der Waals surface area contributed by atoms with Gasteiger partial charge in [-0.25, -0.2) is 0 Å². The van der Waals surface area contributed by atoms with Crippen LogP contribution in [0.25, 0.3) is 0 Å². The van der Waals surface area contributed by atoms with Crippen molar-refractivity contribution in [2.45, 2.75) is 26.3 Å². The molecular formula is C20H25ClN2O. The number of carbonyl (C=O) groups excluding carboxylic acids is 1. The third-order valence-electron chi connectivity index (χ3n) is 4.00. The second-order valence-corrected chi connectivity index (χ2v) is 6.27. The van der Waals surface area contributed by atoms with E-state index in [4.69, 9.17) is 11.6 Å². The average Bonchev–Trinajstić information content (AvgIpc) is 2.61. The predicted octanol–water partition coefficient (Wildman–Crippen LogP) is 3.91. The Kier molecular flexibility index (Phi) is 7.80. The van der Waals surface area contributed by atoms with Gasteiger partial charge in [-0.3, -0.25) is 9.69 Å². The fourth-order valence-electron chi connectivity index (χ4n) is 2.54. The van der Waals surface area contributed by atoms with Crippen molar-refractivity contribution < 1.29 is 4.79 Å². The monoisotopic (exact) mass is 344 g/mol. The van der Waals surface area contributed by atoms with Gasteiger partial charge in [0.2, 0.25) is 5.91 Å². The van der Waals surface area contributed by atoms with Crippen molar-refractivity contribution in [2.24, 2.45) is 0 Å². The molecular weight excluding hydrogens is 320 g/mol. The molecule has 0 bridgehead atoms. The molecule has 1 N–H and O–H groups in total. The summed E-state index contributed by atoms with van der Waals surface area (Å²) in [6.45, 7) is 5.38. The van der Waals surface area contributed by atoms with Crippen LogP contribution in [0.2, 0.25) is 5.02 Å². The van der Waals surface area contributed by atoms with E-state index in [0.717, 1.165) is 31.1 Å². The van der Waals surface area contributed by atoms with Crippen LogP contribution < -0.4 is 5.32 Å². The first kappa shape index (κ1) is 18.5. The Hall–Kier alpha value is -1.84. The van der Waals surface area contributed by atoms with E-state index < -0.39 is 0 Å². The number of nitrogens with zero attached hydrogens (tertiary/aromatic N) is 1. The van der Waals surface area contributed by atoms with Gasteiger partial charge in [0, 0.05) is 31.1 Å². The molecule has 0 unspecified atom stereocenters. The molecule has 0 aliphatic rings. The van der Waals surface area contributed by atoms with E-state index in [1.165, 1.54) is 11.1 Å². The average molecular weight is 345 g/mol. The zero-order valence-corrected chi connectivity index (χ0v) is 14.9. The van der Waals surface area contributed by atoms with Crippen LogP contribution in [-0.4, -0.2) is 30.4 Å². The van der Waals surface area contributed by atoms with Crippen LogP contribution in [0.3, 0.4) is 0 Å². The number of carbonyl (C=O) groups is 1. The van der Waals surface area contributed by atoms with Crippen molar-refractivity contribution in [1.82, 2.24) is 10.2 Å². The van der Waals surface area contributed by atoms with Crippen LogP contribution in [0.1, 0.15) is 24.5 Å². The molecule has 4 heteroatoms. The molecule has 0 aromatic heterocycles. The third kappa shape index (κ3) is 6.73. The minimum absolute atomic E-state index is 0.107. The largest absolute Gasteiger partial charge is 0.356 e. The van der Waals surface area contributed by atoms with Crippen molar-refractivity contribution >= 4 is 17.5 Å². The first-order chi connectivity index (χ1) is 11.7. The number of amides is 1. The molecule has 0 spiro atoms. The first-order valence-electron chi connectivity index (χ1n) is 8.45. The minimum Gasteiger partial charge on any atom is -0.356 e. The van der Waals surface area contributed by atoms with Gasteiger partial charge < -0.3 is 5.32 Å². The maximum Gasteiger partial charge on any atom is 0.221 e. The highest BCUT2D eigenvalue weighted by Gasteiger charge is 2.07. The highest BCUT2D eigenvalue weighted by molar-refractivity contribution is 6.30. The molecule has 1 amide bonds. The lowest BCUT2D eigenvalue weighted by Crippen LogP contribution is -2.31. The van der Waals surface area contributed by atoms with E-state index in [9.17, 15) is 4.79 Å². The van der Waals surface area contributed by atoms with Crippen molar-refractivity contribution in [1.29, 1.82) is 0 Å². The summed E-state index contributed by atoms with van der Waals surface area (Å²) in [4.78, 5) is 14.3. The molecule has 0 saturated heterocycles. The lowest BCUT2D eigenvalue weighted by atomic mass is 10.1. The molecule has 0 heterocycles. The fraction of sp³-hybridized carbons (Fsp3) is 0.350. The summed E-state index contributed by atoms with van der Waals surface area (Å²) >= 11 is 5.86. The lowest BCUT2D eigenvalue weighted by molar-refractivity contribution is -0.121. The van der Waals surface area contributed by atoms with Gasteiger partial charge in [-0.15, -0.1) is 0 Å². The summed E-state index contributed by atoms with van der Waals surface area (Å²) in [5.74, 6) is 0.107. The standard InChI is InChI=1S/C20H25ClN2O/c1-2-23(16-18-6-4-3-5-7-18)15-13-20(24)22-14-12-17-8-10-19(21)11-9-17/h3-11H,2,12-16H2,1H3,(H,22,24). The van der Waals surface area contributed by atoms with E-state index in [-0.39, 0.29) is 5.91 Å². The summed E-state index contributed by atoms with van der Waals surface area (Å²) in [6, 6.07) is 18.1. The van der Waals surface area contributed by atoms with E-state index >= 15 is 0 Å². The van der Waals surface area contributed by atoms with Crippen LogP contribution in [0.5, 0.6) is 0 Å². The van der Waals surface area contributed by atoms with Crippen LogP contribution in [0.15, 0.2) is 54.6 Å². The number of nitrogens with one attached hydrogen (secondary N) is 1. The van der Waals surface area contributed by atoms with Crippen LogP contribution in [-0.2, 0) is 17.8 Å². The summed E-state index contributed by atoms with van der Waals surface area (Å²) in [7, 11) is 0. The Morgan fingerprint density at radius 1 is 1.04 bits per heavy atom. The Morgan fingerprint density at radius 3 is 2.42 bits per heavy atom. The van der Waals surface area contributed by atoms with Gasteiger partial charge in [0.1, 0.15) is 0 Å². The molecule has 2 rings (SSSR count). The van der Waals surface area contributed by atoms with Crippen molar-refractivity contribution in [3.8, 4) is 0 Å². The van der Waals surface area contributed by atoms with Crippen LogP contribution in [0.4, 0.5) is 0 Å². The highest BCUT2D eigenvalue weighted by Crippen LogP contribution is 2.09. The van der Waals surface area contributed by atoms with Gasteiger partial charge in [0.25, 0.3) is 0 Å². The van der Waals surface area contributed by atoms with Gasteiger partial charge in [-0.1, -0.05) is 61.0 Å². The Balaban J connectivity index is 1.66. The molecule has 0 fully saturated rings. The first-order valence-corrected chi connectivity index (χ1v) is 8.82. The van der Waals surface area contributed by atoms with Gasteiger partial charge in [-0.2, -0.15) is 0 Å². The number of halogens is 1. The summed E-state index contributed by atoms with van der Waals surface area (Å²) in [5.41, 5.74) is 2.46. The molecule has 24 heavy (non-hydrogen) atoms. The molecule has 128 valence electrons. The van der Waals surface area contributed by atoms with Gasteiger partial charge >= 0.3 is 0 Å². The minimum atomic E-state index is 0.107. The van der Waals surface area contributed by atoms with E-state index in [1.807, 2.05) is 42.5 Å². The maximum absolute atomic E-state index is 12.0. The quantitative estimate of drug-likeness (QED) is 0.748. The summed E-state index contributed by atoms with van der Waals surface area (Å²) < 4.78 is 0. The van der Waals surface area contributed by atoms with E-state index in [0.29, 0.717) is 13.0 Å². The Labute approximate surface area is 149 Å². The highest BCUT2D eigenvalue weighted by atomic mass is 35.5. The van der Waals surface area contributed by atoms with E-state index in [1.54, 1.807) is 0 Å². The summed E-state index contributed by atoms with van der Waals surface area (Å²) in [6.07, 6.45) is 1.35. The van der Waals surface area contributed by atoms with Gasteiger partial charge in [0.15, 0.2) is 0 Å². The molecule has 2 aromatic rings. The molecule has 0 radical (unpaired) electrons. The summed E-state index contributed by atoms with van der Waals surface area (Å²) in [5, 5.41) is 3.73. The second-order valence-electron chi connectivity index (χ2n) is 5.83. The zero-order chi connectivity index (χ0) is 17.2. The lowest BCUT2D eigenvalue weighted by Gasteiger charge is -2.20. The van der Waals surface area contributed by atoms with Gasteiger partial charge in [-0.05, 0) is 36.2 Å². The molecule has 0 atom stereocenters. The third-order valence-corrected chi connectivity index (χ3v) is 4.25. The van der Waals surface area contributed by atoms with Crippen LogP contribution >= 0.6 is 11.6 Å². The maximum atomic E-state index is 12.0. The topological polar surface area (TPSA) is 32.3 Å². The fourth-order valence-corrected chi connectivity index (χ4v) is 2.66. The normalized spacial score (nSPS) is 10.8. The Morgan fingerprint density at radius 2 is 1.75 bits per heavy atom. The number of benzene rings is 2. The Bertz CT molecular complexity index is 613. The molecule has 0 saturated carbocycles. The second kappa shape index (κ2) is 10.1. The SMILES string of the molecule is CCN(CCC(=O)NCCc1ccc(Cl)cc1)Cc1ccccc1. The molecule has 0 aliphatic carbocycles. The molecule has 0 aliphatic heterocycles. The number of rotatable bonds is 9. The number of hydrogen-bond acceptors (Lipinski definition) is 2. The van der Waals surface area contributed by atoms with Crippen molar-refractivity contribution in [3.63, 3.8) is 0 Å². The zero-order valence-electron chi connectivity index (χ0n) is 14.2. The smallest absolute Gasteiger partial charge is 0.221 e. The van der Waals surface area contributed by atoms with Crippen molar-refractivity contribution in [3.05, 3.63) is 70.7 Å². The van der Waals surface area contributed by atoms with E-state index in [2.05, 4.69) is 29.3 Å². The van der Waals surface area contributed by atoms with Crippen molar-refractivity contribution in [2.75, 3.05) is 19.6 Å². The molecule has 3 nitrogen and oxygen atoms in total. The van der Waals surface area contributed by atoms with Gasteiger partial charge in [0.05, 0.1) is 0 Å². The molecule has 2 aromatic carbocycles. The number of hydrogen-bond donors (Lipinski definition) is 1. The predicted molar refractivity (Wildman–Crippen MR) is 100 cm³/mol. The van der Waals surface area contributed by atoms with Crippen LogP contribution in [0, 0.1) is 0 Å².